The minimum absolute atomic E-state index is 0.0332. The molecule has 0 saturated heterocycles. The summed E-state index contributed by atoms with van der Waals surface area (Å²) in [5.74, 6) is -1.20. The van der Waals surface area contributed by atoms with E-state index in [2.05, 4.69) is 4.98 Å². The average molecular weight is 298 g/mol. The van der Waals surface area contributed by atoms with E-state index in [1.54, 1.807) is 13.0 Å². The standard InChI is InChI=1S/C17H18N2O3/c1-10-9-14(13-5-3-4-6-15(13)18-10)16(20)19(12-7-8-12)11(2)17(21)22/h3-6,9,11-12H,7-8H2,1-2H3,(H,21,22). The summed E-state index contributed by atoms with van der Waals surface area (Å²) < 4.78 is 0. The Morgan fingerprint density at radius 2 is 2.00 bits per heavy atom. The molecule has 0 spiro atoms. The van der Waals surface area contributed by atoms with Gasteiger partial charge in [-0.2, -0.15) is 0 Å². The molecular weight excluding hydrogens is 280 g/mol. The van der Waals surface area contributed by atoms with Crippen molar-refractivity contribution in [2.24, 2.45) is 0 Å². The average Bonchev–Trinajstić information content (AvgIpc) is 3.30. The maximum atomic E-state index is 13.0. The summed E-state index contributed by atoms with van der Waals surface area (Å²) in [7, 11) is 0. The van der Waals surface area contributed by atoms with Crippen molar-refractivity contribution in [2.75, 3.05) is 0 Å². The largest absolute Gasteiger partial charge is 0.480 e. The summed E-state index contributed by atoms with van der Waals surface area (Å²) in [5, 5.41) is 10.1. The fourth-order valence-corrected chi connectivity index (χ4v) is 2.75. The van der Waals surface area contributed by atoms with Crippen LogP contribution in [0, 0.1) is 6.92 Å². The number of hydrogen-bond donors (Lipinski definition) is 1. The third kappa shape index (κ3) is 2.54. The minimum atomic E-state index is -0.977. The van der Waals surface area contributed by atoms with Crippen LogP contribution in [0.25, 0.3) is 10.9 Å². The number of carbonyl (C=O) groups excluding carboxylic acids is 1. The molecule has 1 saturated carbocycles. The lowest BCUT2D eigenvalue weighted by Gasteiger charge is -2.27. The monoisotopic (exact) mass is 298 g/mol. The van der Waals surface area contributed by atoms with Crippen molar-refractivity contribution in [2.45, 2.75) is 38.8 Å². The molecule has 0 aliphatic heterocycles. The van der Waals surface area contributed by atoms with Gasteiger partial charge in [0.05, 0.1) is 11.1 Å². The fourth-order valence-electron chi connectivity index (χ4n) is 2.75. The van der Waals surface area contributed by atoms with Crippen LogP contribution in [0.2, 0.25) is 0 Å². The number of para-hydroxylation sites is 1. The summed E-state index contributed by atoms with van der Waals surface area (Å²) in [6.07, 6.45) is 1.73. The zero-order valence-corrected chi connectivity index (χ0v) is 12.6. The Morgan fingerprint density at radius 3 is 2.64 bits per heavy atom. The van der Waals surface area contributed by atoms with Crippen molar-refractivity contribution in [3.63, 3.8) is 0 Å². The highest BCUT2D eigenvalue weighted by Gasteiger charge is 2.39. The van der Waals surface area contributed by atoms with Gasteiger partial charge in [0.2, 0.25) is 0 Å². The second kappa shape index (κ2) is 5.40. The van der Waals surface area contributed by atoms with Gasteiger partial charge in [0.1, 0.15) is 6.04 Å². The molecule has 5 nitrogen and oxygen atoms in total. The number of aryl methyl sites for hydroxylation is 1. The maximum Gasteiger partial charge on any atom is 0.326 e. The number of carboxylic acids is 1. The van der Waals surface area contributed by atoms with E-state index in [1.807, 2.05) is 31.2 Å². The van der Waals surface area contributed by atoms with E-state index in [0.29, 0.717) is 5.56 Å². The fraction of sp³-hybridized carbons (Fsp3) is 0.353. The third-order valence-electron chi connectivity index (χ3n) is 4.02. The Kier molecular flexibility index (Phi) is 3.56. The Hall–Kier alpha value is -2.43. The van der Waals surface area contributed by atoms with Gasteiger partial charge in [-0.15, -0.1) is 0 Å². The molecule has 1 aromatic heterocycles. The zero-order valence-electron chi connectivity index (χ0n) is 12.6. The summed E-state index contributed by atoms with van der Waals surface area (Å²) in [4.78, 5) is 30.2. The highest BCUT2D eigenvalue weighted by Crippen LogP contribution is 2.31. The molecule has 1 fully saturated rings. The molecule has 3 rings (SSSR count). The number of fused-ring (bicyclic) bond motifs is 1. The second-order valence-corrected chi connectivity index (χ2v) is 5.79. The Morgan fingerprint density at radius 1 is 1.32 bits per heavy atom. The lowest BCUT2D eigenvalue weighted by Crippen LogP contribution is -2.44. The first-order chi connectivity index (χ1) is 10.5. The summed E-state index contributed by atoms with van der Waals surface area (Å²) >= 11 is 0. The quantitative estimate of drug-likeness (QED) is 0.942. The van der Waals surface area contributed by atoms with Crippen molar-refractivity contribution < 1.29 is 14.7 Å². The van der Waals surface area contributed by atoms with Crippen LogP contribution in [0.5, 0.6) is 0 Å². The molecule has 2 aromatic rings. The molecule has 1 N–H and O–H groups in total. The van der Waals surface area contributed by atoms with E-state index in [0.717, 1.165) is 29.4 Å². The minimum Gasteiger partial charge on any atom is -0.480 e. The van der Waals surface area contributed by atoms with Gasteiger partial charge in [-0.25, -0.2) is 4.79 Å². The smallest absolute Gasteiger partial charge is 0.326 e. The van der Waals surface area contributed by atoms with Crippen molar-refractivity contribution in [1.82, 2.24) is 9.88 Å². The van der Waals surface area contributed by atoms with E-state index < -0.39 is 12.0 Å². The van der Waals surface area contributed by atoms with Crippen LogP contribution in [0.15, 0.2) is 30.3 Å². The third-order valence-corrected chi connectivity index (χ3v) is 4.02. The Labute approximate surface area is 128 Å². The predicted molar refractivity (Wildman–Crippen MR) is 82.8 cm³/mol. The number of carboxylic acid groups (broad SMARTS) is 1. The summed E-state index contributed by atoms with van der Waals surface area (Å²) in [6.45, 7) is 3.40. The van der Waals surface area contributed by atoms with E-state index in [1.165, 1.54) is 4.90 Å². The van der Waals surface area contributed by atoms with Crippen LogP contribution in [-0.2, 0) is 4.79 Å². The van der Waals surface area contributed by atoms with Crippen LogP contribution in [0.1, 0.15) is 35.8 Å². The molecule has 5 heteroatoms. The van der Waals surface area contributed by atoms with Gasteiger partial charge >= 0.3 is 5.97 Å². The van der Waals surface area contributed by atoms with Crippen LogP contribution >= 0.6 is 0 Å². The van der Waals surface area contributed by atoms with Gasteiger partial charge in [-0.1, -0.05) is 18.2 Å². The van der Waals surface area contributed by atoms with Gasteiger partial charge in [0.25, 0.3) is 5.91 Å². The molecule has 0 radical (unpaired) electrons. The Balaban J connectivity index is 2.09. The number of carbonyl (C=O) groups is 2. The normalized spacial score (nSPS) is 15.5. The van der Waals surface area contributed by atoms with E-state index >= 15 is 0 Å². The van der Waals surface area contributed by atoms with E-state index in [-0.39, 0.29) is 11.9 Å². The summed E-state index contributed by atoms with van der Waals surface area (Å²) in [5.41, 5.74) is 2.04. The SMILES string of the molecule is Cc1cc(C(=O)N(C2CC2)C(C)C(=O)O)c2ccccc2n1. The second-order valence-electron chi connectivity index (χ2n) is 5.79. The number of nitrogens with zero attached hydrogens (tertiary/aromatic N) is 2. The molecule has 0 bridgehead atoms. The van der Waals surface area contributed by atoms with E-state index in [4.69, 9.17) is 0 Å². The highest BCUT2D eigenvalue weighted by atomic mass is 16.4. The molecular formula is C17H18N2O3. The van der Waals surface area contributed by atoms with Gasteiger partial charge < -0.3 is 10.0 Å². The molecule has 1 heterocycles. The van der Waals surface area contributed by atoms with Crippen LogP contribution in [-0.4, -0.2) is 39.0 Å². The molecule has 114 valence electrons. The number of rotatable bonds is 4. The first kappa shape index (κ1) is 14.5. The van der Waals surface area contributed by atoms with Crippen molar-refractivity contribution in [3.8, 4) is 0 Å². The lowest BCUT2D eigenvalue weighted by molar-refractivity contribution is -0.141. The number of aliphatic carboxylic acids is 1. The molecule has 1 unspecified atom stereocenters. The van der Waals surface area contributed by atoms with Crippen LogP contribution in [0.3, 0.4) is 0 Å². The zero-order chi connectivity index (χ0) is 15.9. The topological polar surface area (TPSA) is 70.5 Å². The molecule has 1 atom stereocenters. The number of aromatic nitrogens is 1. The number of benzene rings is 1. The number of amides is 1. The van der Waals surface area contributed by atoms with E-state index in [9.17, 15) is 14.7 Å². The van der Waals surface area contributed by atoms with Gasteiger partial charge in [0.15, 0.2) is 0 Å². The Bertz CT molecular complexity index is 753. The molecule has 22 heavy (non-hydrogen) atoms. The first-order valence-electron chi connectivity index (χ1n) is 7.41. The van der Waals surface area contributed by atoms with Gasteiger partial charge in [-0.05, 0) is 38.8 Å². The highest BCUT2D eigenvalue weighted by molar-refractivity contribution is 6.07. The van der Waals surface area contributed by atoms with Crippen molar-refractivity contribution in [1.29, 1.82) is 0 Å². The van der Waals surface area contributed by atoms with Crippen LogP contribution in [0.4, 0.5) is 0 Å². The van der Waals surface area contributed by atoms with Crippen molar-refractivity contribution >= 4 is 22.8 Å². The number of pyridine rings is 1. The molecule has 1 aliphatic rings. The predicted octanol–water partition coefficient (Wildman–Crippen LogP) is 2.62. The number of hydrogen-bond acceptors (Lipinski definition) is 3. The van der Waals surface area contributed by atoms with Gasteiger partial charge in [0, 0.05) is 17.1 Å². The maximum absolute atomic E-state index is 13.0. The molecule has 1 aliphatic carbocycles. The summed E-state index contributed by atoms with van der Waals surface area (Å²) in [6, 6.07) is 8.40. The lowest BCUT2D eigenvalue weighted by atomic mass is 10.1. The molecule has 1 amide bonds. The molecule has 1 aromatic carbocycles. The van der Waals surface area contributed by atoms with Gasteiger partial charge in [-0.3, -0.25) is 9.78 Å². The first-order valence-corrected chi connectivity index (χ1v) is 7.41. The van der Waals surface area contributed by atoms with Crippen LogP contribution < -0.4 is 0 Å². The van der Waals surface area contributed by atoms with Crippen molar-refractivity contribution in [3.05, 3.63) is 41.6 Å².